The molecule has 0 aliphatic heterocycles. The van der Waals surface area contributed by atoms with Gasteiger partial charge in [-0.3, -0.25) is 0 Å². The third-order valence-electron chi connectivity index (χ3n) is 3.97. The summed E-state index contributed by atoms with van der Waals surface area (Å²) in [5.74, 6) is 1.58. The van der Waals surface area contributed by atoms with E-state index in [4.69, 9.17) is 0 Å². The predicted octanol–water partition coefficient (Wildman–Crippen LogP) is 2.17. The second-order valence-corrected chi connectivity index (χ2v) is 5.25. The molecule has 0 bridgehead atoms. The highest BCUT2D eigenvalue weighted by Crippen LogP contribution is 2.31. The molecule has 2 N–H and O–H groups in total. The van der Waals surface area contributed by atoms with Crippen LogP contribution in [0.3, 0.4) is 0 Å². The van der Waals surface area contributed by atoms with Gasteiger partial charge in [0.25, 0.3) is 0 Å². The lowest BCUT2D eigenvalue weighted by Gasteiger charge is -2.26. The van der Waals surface area contributed by atoms with E-state index >= 15 is 0 Å². The molecule has 0 radical (unpaired) electrons. The van der Waals surface area contributed by atoms with Crippen molar-refractivity contribution in [1.29, 1.82) is 0 Å². The molecule has 0 saturated heterocycles. The average Bonchev–Trinajstić information content (AvgIpc) is 2.45. The topological polar surface area (TPSA) is 32.3 Å². The van der Waals surface area contributed by atoms with E-state index in [0.717, 1.165) is 24.8 Å². The van der Waals surface area contributed by atoms with Crippen LogP contribution in [0.5, 0.6) is 0 Å². The number of hydrogen-bond acceptors (Lipinski definition) is 2. The molecule has 1 rings (SSSR count). The Bertz CT molecular complexity index is 179. The molecular weight excluding hydrogens is 174 g/mol. The minimum atomic E-state index is -0.536. The third kappa shape index (κ3) is 2.96. The standard InChI is InChI=1S/C12H25NO/c1-5-12(4,14)8-13-11-7-6-9(2)10(11)3/h9-11,13-14H,5-8H2,1-4H3. The van der Waals surface area contributed by atoms with Crippen molar-refractivity contribution in [2.45, 2.75) is 58.6 Å². The first-order valence-electron chi connectivity index (χ1n) is 5.92. The zero-order chi connectivity index (χ0) is 10.8. The van der Waals surface area contributed by atoms with Gasteiger partial charge in [-0.2, -0.15) is 0 Å². The summed E-state index contributed by atoms with van der Waals surface area (Å²) in [5, 5.41) is 13.4. The van der Waals surface area contributed by atoms with Gasteiger partial charge in [-0.05, 0) is 38.0 Å². The van der Waals surface area contributed by atoms with Crippen LogP contribution in [-0.2, 0) is 0 Å². The highest BCUT2D eigenvalue weighted by Gasteiger charge is 2.30. The van der Waals surface area contributed by atoms with Crippen molar-refractivity contribution >= 4 is 0 Å². The molecule has 2 heteroatoms. The monoisotopic (exact) mass is 199 g/mol. The van der Waals surface area contributed by atoms with E-state index in [0.29, 0.717) is 6.04 Å². The van der Waals surface area contributed by atoms with E-state index < -0.39 is 5.60 Å². The molecule has 1 fully saturated rings. The Labute approximate surface area is 88.1 Å². The van der Waals surface area contributed by atoms with Crippen LogP contribution in [0.2, 0.25) is 0 Å². The highest BCUT2D eigenvalue weighted by atomic mass is 16.3. The molecule has 4 unspecified atom stereocenters. The smallest absolute Gasteiger partial charge is 0.0741 e. The first-order chi connectivity index (χ1) is 6.46. The van der Waals surface area contributed by atoms with E-state index in [-0.39, 0.29) is 0 Å². The maximum Gasteiger partial charge on any atom is 0.0741 e. The summed E-state index contributed by atoms with van der Waals surface area (Å²) in [6, 6.07) is 0.614. The molecule has 0 aromatic heterocycles. The average molecular weight is 199 g/mol. The highest BCUT2D eigenvalue weighted by molar-refractivity contribution is 4.87. The maximum absolute atomic E-state index is 9.87. The van der Waals surface area contributed by atoms with E-state index in [1.54, 1.807) is 0 Å². The van der Waals surface area contributed by atoms with Crippen LogP contribution < -0.4 is 5.32 Å². The number of hydrogen-bond donors (Lipinski definition) is 2. The van der Waals surface area contributed by atoms with Crippen molar-refractivity contribution in [3.63, 3.8) is 0 Å². The van der Waals surface area contributed by atoms with Gasteiger partial charge >= 0.3 is 0 Å². The SMILES string of the molecule is CCC(C)(O)CNC1CCC(C)C1C. The molecule has 0 heterocycles. The van der Waals surface area contributed by atoms with E-state index in [1.165, 1.54) is 12.8 Å². The van der Waals surface area contributed by atoms with Crippen LogP contribution in [0.4, 0.5) is 0 Å². The molecule has 0 aromatic rings. The Kier molecular flexibility index (Phi) is 3.96. The first-order valence-corrected chi connectivity index (χ1v) is 5.92. The Morgan fingerprint density at radius 1 is 1.36 bits per heavy atom. The zero-order valence-corrected chi connectivity index (χ0v) is 10.0. The summed E-state index contributed by atoms with van der Waals surface area (Å²) in [4.78, 5) is 0. The molecule has 0 spiro atoms. The van der Waals surface area contributed by atoms with Crippen molar-refractivity contribution < 1.29 is 5.11 Å². The van der Waals surface area contributed by atoms with Crippen molar-refractivity contribution in [3.8, 4) is 0 Å². The fraction of sp³-hybridized carbons (Fsp3) is 1.00. The van der Waals surface area contributed by atoms with Gasteiger partial charge in [-0.15, -0.1) is 0 Å². The lowest BCUT2D eigenvalue weighted by atomic mass is 9.96. The fourth-order valence-electron chi connectivity index (χ4n) is 2.13. The van der Waals surface area contributed by atoms with Crippen molar-refractivity contribution in [1.82, 2.24) is 5.32 Å². The van der Waals surface area contributed by atoms with Crippen molar-refractivity contribution in [2.24, 2.45) is 11.8 Å². The van der Waals surface area contributed by atoms with Gasteiger partial charge in [-0.1, -0.05) is 20.8 Å². The second kappa shape index (κ2) is 4.63. The molecule has 1 aliphatic rings. The summed E-state index contributed by atoms with van der Waals surface area (Å²) < 4.78 is 0. The summed E-state index contributed by atoms with van der Waals surface area (Å²) in [5.41, 5.74) is -0.536. The Morgan fingerprint density at radius 2 is 2.00 bits per heavy atom. The summed E-state index contributed by atoms with van der Waals surface area (Å²) in [7, 11) is 0. The van der Waals surface area contributed by atoms with Gasteiger partial charge in [0, 0.05) is 12.6 Å². The van der Waals surface area contributed by atoms with Crippen LogP contribution >= 0.6 is 0 Å². The maximum atomic E-state index is 9.87. The molecule has 4 atom stereocenters. The van der Waals surface area contributed by atoms with E-state index in [2.05, 4.69) is 19.2 Å². The Hall–Kier alpha value is -0.0800. The second-order valence-electron chi connectivity index (χ2n) is 5.25. The first kappa shape index (κ1) is 12.0. The number of rotatable bonds is 4. The predicted molar refractivity (Wildman–Crippen MR) is 60.3 cm³/mol. The lowest BCUT2D eigenvalue weighted by molar-refractivity contribution is 0.0513. The number of aliphatic hydroxyl groups is 1. The molecule has 84 valence electrons. The van der Waals surface area contributed by atoms with Crippen LogP contribution in [-0.4, -0.2) is 23.3 Å². The van der Waals surface area contributed by atoms with Gasteiger partial charge in [0.2, 0.25) is 0 Å². The Balaban J connectivity index is 2.32. The third-order valence-corrected chi connectivity index (χ3v) is 3.97. The summed E-state index contributed by atoms with van der Waals surface area (Å²) in [6.07, 6.45) is 3.41. The minimum Gasteiger partial charge on any atom is -0.389 e. The fourth-order valence-corrected chi connectivity index (χ4v) is 2.13. The van der Waals surface area contributed by atoms with Crippen LogP contribution in [0.1, 0.15) is 47.0 Å². The van der Waals surface area contributed by atoms with Gasteiger partial charge < -0.3 is 10.4 Å². The molecule has 1 saturated carbocycles. The van der Waals surface area contributed by atoms with Gasteiger partial charge in [0.05, 0.1) is 5.60 Å². The van der Waals surface area contributed by atoms with E-state index in [9.17, 15) is 5.11 Å². The van der Waals surface area contributed by atoms with Crippen molar-refractivity contribution in [2.75, 3.05) is 6.54 Å². The lowest BCUT2D eigenvalue weighted by Crippen LogP contribution is -2.43. The molecule has 2 nitrogen and oxygen atoms in total. The van der Waals surface area contributed by atoms with Crippen LogP contribution in [0.25, 0.3) is 0 Å². The van der Waals surface area contributed by atoms with Gasteiger partial charge in [-0.25, -0.2) is 0 Å². The normalized spacial score (nSPS) is 37.1. The van der Waals surface area contributed by atoms with Crippen LogP contribution in [0.15, 0.2) is 0 Å². The van der Waals surface area contributed by atoms with Crippen molar-refractivity contribution in [3.05, 3.63) is 0 Å². The zero-order valence-electron chi connectivity index (χ0n) is 10.0. The van der Waals surface area contributed by atoms with Gasteiger partial charge in [0.15, 0.2) is 0 Å². The molecular formula is C12H25NO. The molecule has 14 heavy (non-hydrogen) atoms. The minimum absolute atomic E-state index is 0.536. The number of nitrogens with one attached hydrogen (secondary N) is 1. The van der Waals surface area contributed by atoms with E-state index in [1.807, 2.05) is 13.8 Å². The largest absolute Gasteiger partial charge is 0.389 e. The Morgan fingerprint density at radius 3 is 2.43 bits per heavy atom. The molecule has 1 aliphatic carbocycles. The summed E-state index contributed by atoms with van der Waals surface area (Å²) >= 11 is 0. The summed E-state index contributed by atoms with van der Waals surface area (Å²) in [6.45, 7) is 9.30. The molecule has 0 amide bonds. The molecule has 0 aromatic carbocycles. The van der Waals surface area contributed by atoms with Gasteiger partial charge in [0.1, 0.15) is 0 Å². The quantitative estimate of drug-likeness (QED) is 0.727. The van der Waals surface area contributed by atoms with Crippen LogP contribution in [0, 0.1) is 11.8 Å².